The molecule has 1 amide bonds. The zero-order chi connectivity index (χ0) is 17.2. The molecule has 0 bridgehead atoms. The molecule has 2 saturated heterocycles. The normalized spacial score (nSPS) is 24.4. The third-order valence-electron chi connectivity index (χ3n) is 4.81. The highest BCUT2D eigenvalue weighted by Gasteiger charge is 2.32. The lowest BCUT2D eigenvalue weighted by Gasteiger charge is -2.21. The Morgan fingerprint density at radius 3 is 2.25 bits per heavy atom. The van der Waals surface area contributed by atoms with E-state index in [1.54, 1.807) is 0 Å². The minimum atomic E-state index is -4.37. The molecule has 3 rings (SSSR count). The Hall–Kier alpha value is -1.76. The summed E-state index contributed by atoms with van der Waals surface area (Å²) in [5.74, 6) is 1.33. The first-order valence-corrected chi connectivity index (χ1v) is 8.22. The largest absolute Gasteiger partial charge is 0.484 e. The molecule has 2 atom stereocenters. The first-order chi connectivity index (χ1) is 11.4. The van der Waals surface area contributed by atoms with Crippen LogP contribution in [0.5, 0.6) is 5.75 Å². The Balaban J connectivity index is 1.58. The maximum atomic E-state index is 12.6. The lowest BCUT2D eigenvalue weighted by Crippen LogP contribution is -2.32. The van der Waals surface area contributed by atoms with Gasteiger partial charge < -0.3 is 15.0 Å². The van der Waals surface area contributed by atoms with E-state index in [4.69, 9.17) is 0 Å². The molecule has 2 aliphatic rings. The van der Waals surface area contributed by atoms with Crippen LogP contribution in [0.3, 0.4) is 0 Å². The highest BCUT2D eigenvalue weighted by molar-refractivity contribution is 5.94. The van der Waals surface area contributed by atoms with Gasteiger partial charge in [-0.25, -0.2) is 0 Å². The van der Waals surface area contributed by atoms with Crippen molar-refractivity contribution in [3.8, 4) is 5.75 Å². The van der Waals surface area contributed by atoms with Crippen molar-refractivity contribution in [2.24, 2.45) is 11.8 Å². The van der Waals surface area contributed by atoms with Crippen molar-refractivity contribution in [2.45, 2.75) is 19.0 Å². The maximum absolute atomic E-state index is 12.6. The molecule has 4 nitrogen and oxygen atoms in total. The van der Waals surface area contributed by atoms with Crippen molar-refractivity contribution in [3.05, 3.63) is 29.8 Å². The number of ether oxygens (including phenoxy) is 1. The molecule has 7 heteroatoms. The van der Waals surface area contributed by atoms with Gasteiger partial charge in [-0.1, -0.05) is 0 Å². The van der Waals surface area contributed by atoms with E-state index in [0.717, 1.165) is 39.0 Å². The standard InChI is InChI=1S/C17H21F3N2O2/c18-17(19,20)11-24-15-3-1-12(2-4-15)16(23)22-7-5-13-9-21-10-14(13)6-8-22/h1-4,13-14,21H,5-11H2/t13-,14+. The molecule has 0 saturated carbocycles. The molecular weight excluding hydrogens is 321 g/mol. The summed E-state index contributed by atoms with van der Waals surface area (Å²) >= 11 is 0. The van der Waals surface area contributed by atoms with Crippen molar-refractivity contribution in [1.82, 2.24) is 10.2 Å². The summed E-state index contributed by atoms with van der Waals surface area (Å²) in [6.45, 7) is 2.18. The van der Waals surface area contributed by atoms with Crippen molar-refractivity contribution in [2.75, 3.05) is 32.8 Å². The van der Waals surface area contributed by atoms with Gasteiger partial charge >= 0.3 is 6.18 Å². The van der Waals surface area contributed by atoms with Crippen molar-refractivity contribution in [1.29, 1.82) is 0 Å². The molecule has 1 aromatic carbocycles. The number of carbonyl (C=O) groups is 1. The van der Waals surface area contributed by atoms with Gasteiger partial charge in [-0.05, 0) is 62.0 Å². The van der Waals surface area contributed by atoms with Crippen LogP contribution in [0, 0.1) is 11.8 Å². The summed E-state index contributed by atoms with van der Waals surface area (Å²) in [4.78, 5) is 14.4. The minimum Gasteiger partial charge on any atom is -0.484 e. The number of alkyl halides is 3. The van der Waals surface area contributed by atoms with E-state index in [-0.39, 0.29) is 11.7 Å². The third-order valence-corrected chi connectivity index (χ3v) is 4.81. The van der Waals surface area contributed by atoms with Crippen LogP contribution >= 0.6 is 0 Å². The molecule has 1 aromatic rings. The summed E-state index contributed by atoms with van der Waals surface area (Å²) < 4.78 is 41.1. The van der Waals surface area contributed by atoms with E-state index in [1.807, 2.05) is 4.90 Å². The van der Waals surface area contributed by atoms with E-state index in [9.17, 15) is 18.0 Å². The van der Waals surface area contributed by atoms with E-state index in [0.29, 0.717) is 17.4 Å². The Kier molecular flexibility index (Phi) is 4.99. The first-order valence-electron chi connectivity index (χ1n) is 8.22. The highest BCUT2D eigenvalue weighted by atomic mass is 19.4. The van der Waals surface area contributed by atoms with E-state index >= 15 is 0 Å². The number of rotatable bonds is 3. The van der Waals surface area contributed by atoms with Gasteiger partial charge in [0.15, 0.2) is 6.61 Å². The number of hydrogen-bond donors (Lipinski definition) is 1. The predicted molar refractivity (Wildman–Crippen MR) is 83.0 cm³/mol. The quantitative estimate of drug-likeness (QED) is 0.918. The van der Waals surface area contributed by atoms with Gasteiger partial charge in [0.1, 0.15) is 5.75 Å². The van der Waals surface area contributed by atoms with E-state index in [1.165, 1.54) is 24.3 Å². The van der Waals surface area contributed by atoms with Gasteiger partial charge in [-0.3, -0.25) is 4.79 Å². The highest BCUT2D eigenvalue weighted by Crippen LogP contribution is 2.28. The van der Waals surface area contributed by atoms with Crippen LogP contribution in [-0.4, -0.2) is 49.8 Å². The Labute approximate surface area is 139 Å². The zero-order valence-electron chi connectivity index (χ0n) is 13.3. The molecule has 0 aliphatic carbocycles. The minimum absolute atomic E-state index is 0.0645. The number of hydrogen-bond acceptors (Lipinski definition) is 3. The van der Waals surface area contributed by atoms with Gasteiger partial charge in [0.05, 0.1) is 0 Å². The molecule has 0 unspecified atom stereocenters. The number of halogens is 3. The number of amides is 1. The predicted octanol–water partition coefficient (Wildman–Crippen LogP) is 2.70. The fourth-order valence-electron chi connectivity index (χ4n) is 3.46. The molecular formula is C17H21F3N2O2. The maximum Gasteiger partial charge on any atom is 0.422 e. The average Bonchev–Trinajstić information content (AvgIpc) is 2.91. The summed E-state index contributed by atoms with van der Waals surface area (Å²) in [6, 6.07) is 5.88. The number of carbonyl (C=O) groups excluding carboxylic acids is 1. The molecule has 2 fully saturated rings. The molecule has 2 heterocycles. The van der Waals surface area contributed by atoms with Gasteiger partial charge in [0.2, 0.25) is 0 Å². The zero-order valence-corrected chi connectivity index (χ0v) is 13.3. The van der Waals surface area contributed by atoms with Crippen LogP contribution in [0.1, 0.15) is 23.2 Å². The number of fused-ring (bicyclic) bond motifs is 1. The molecule has 2 aliphatic heterocycles. The average molecular weight is 342 g/mol. The fourth-order valence-corrected chi connectivity index (χ4v) is 3.46. The van der Waals surface area contributed by atoms with Crippen molar-refractivity contribution < 1.29 is 22.7 Å². The number of benzene rings is 1. The summed E-state index contributed by atoms with van der Waals surface area (Å²) in [5, 5.41) is 3.40. The van der Waals surface area contributed by atoms with E-state index in [2.05, 4.69) is 10.1 Å². The topological polar surface area (TPSA) is 41.6 Å². The Bertz CT molecular complexity index is 560. The smallest absolute Gasteiger partial charge is 0.422 e. The molecule has 0 radical (unpaired) electrons. The fraction of sp³-hybridized carbons (Fsp3) is 0.588. The first kappa shape index (κ1) is 17.1. The van der Waals surface area contributed by atoms with Crippen molar-refractivity contribution in [3.63, 3.8) is 0 Å². The SMILES string of the molecule is O=C(c1ccc(OCC(F)(F)F)cc1)N1CC[C@@H]2CNC[C@@H]2CC1. The third kappa shape index (κ3) is 4.20. The van der Waals surface area contributed by atoms with E-state index < -0.39 is 12.8 Å². The second-order valence-corrected chi connectivity index (χ2v) is 6.48. The molecule has 132 valence electrons. The summed E-state index contributed by atoms with van der Waals surface area (Å²) in [6.07, 6.45) is -2.38. The van der Waals surface area contributed by atoms with Gasteiger partial charge in [0.25, 0.3) is 5.91 Å². The summed E-state index contributed by atoms with van der Waals surface area (Å²) in [7, 11) is 0. The van der Waals surface area contributed by atoms with Crippen LogP contribution in [0.2, 0.25) is 0 Å². The van der Waals surface area contributed by atoms with Crippen LogP contribution in [0.25, 0.3) is 0 Å². The lowest BCUT2D eigenvalue weighted by atomic mass is 9.92. The molecule has 0 aromatic heterocycles. The monoisotopic (exact) mass is 342 g/mol. The molecule has 24 heavy (non-hydrogen) atoms. The second-order valence-electron chi connectivity index (χ2n) is 6.48. The number of likely N-dealkylation sites (tertiary alicyclic amines) is 1. The van der Waals surface area contributed by atoms with Crippen LogP contribution < -0.4 is 10.1 Å². The number of nitrogens with zero attached hydrogens (tertiary/aromatic N) is 1. The van der Waals surface area contributed by atoms with Crippen LogP contribution in [0.4, 0.5) is 13.2 Å². The van der Waals surface area contributed by atoms with Crippen molar-refractivity contribution >= 4 is 5.91 Å². The molecule has 0 spiro atoms. The molecule has 1 N–H and O–H groups in total. The van der Waals surface area contributed by atoms with Gasteiger partial charge in [-0.15, -0.1) is 0 Å². The van der Waals surface area contributed by atoms with Gasteiger partial charge in [-0.2, -0.15) is 13.2 Å². The Morgan fingerprint density at radius 2 is 1.71 bits per heavy atom. The van der Waals surface area contributed by atoms with Crippen LogP contribution in [0.15, 0.2) is 24.3 Å². The lowest BCUT2D eigenvalue weighted by molar-refractivity contribution is -0.153. The summed E-state index contributed by atoms with van der Waals surface area (Å²) in [5.41, 5.74) is 0.486. The second kappa shape index (κ2) is 7.01. The van der Waals surface area contributed by atoms with Gasteiger partial charge in [0, 0.05) is 18.7 Å². The Morgan fingerprint density at radius 1 is 1.12 bits per heavy atom. The number of nitrogens with one attached hydrogen (secondary N) is 1. The van der Waals surface area contributed by atoms with Crippen LogP contribution in [-0.2, 0) is 0 Å².